The second-order valence-electron chi connectivity index (χ2n) is 8.73. The minimum atomic E-state index is -0.229. The molecule has 1 atom stereocenters. The smallest absolute Gasteiger partial charge is 0.254 e. The lowest BCUT2D eigenvalue weighted by atomic mass is 9.91. The Hall–Kier alpha value is -3.93. The Kier molecular flexibility index (Phi) is 6.85. The van der Waals surface area contributed by atoms with Crippen LogP contribution in [0.4, 0.5) is 0 Å². The number of benzene rings is 3. The molecule has 1 aliphatic heterocycles. The first-order valence-corrected chi connectivity index (χ1v) is 12.7. The number of aromatic nitrogens is 1. The van der Waals surface area contributed by atoms with Gasteiger partial charge < -0.3 is 24.1 Å². The number of aromatic amines is 1. The summed E-state index contributed by atoms with van der Waals surface area (Å²) in [5.41, 5.74) is 5.03. The molecule has 6 heteroatoms. The number of para-hydroxylation sites is 1. The normalized spacial score (nSPS) is 15.0. The van der Waals surface area contributed by atoms with Gasteiger partial charge >= 0.3 is 0 Å². The molecule has 1 amide bonds. The van der Waals surface area contributed by atoms with Crippen LogP contribution in [0.3, 0.4) is 0 Å². The molecule has 0 unspecified atom stereocenters. The molecule has 0 aliphatic carbocycles. The van der Waals surface area contributed by atoms with E-state index < -0.39 is 0 Å². The monoisotopic (exact) mass is 484 g/mol. The largest absolute Gasteiger partial charge is 0.490 e. The number of ether oxygens (including phenoxy) is 3. The molecule has 0 saturated heterocycles. The van der Waals surface area contributed by atoms with Gasteiger partial charge in [0, 0.05) is 28.7 Å². The van der Waals surface area contributed by atoms with E-state index in [4.69, 9.17) is 14.2 Å². The Labute approximate surface area is 211 Å². The van der Waals surface area contributed by atoms with Crippen LogP contribution in [0, 0.1) is 0 Å². The Balaban J connectivity index is 1.61. The molecule has 5 rings (SSSR count). The number of nitrogens with one attached hydrogen (secondary N) is 1. The zero-order valence-corrected chi connectivity index (χ0v) is 21.0. The number of carbonyl (C=O) groups is 1. The molecule has 0 bridgehead atoms. The Morgan fingerprint density at radius 2 is 1.53 bits per heavy atom. The van der Waals surface area contributed by atoms with E-state index in [-0.39, 0.29) is 11.9 Å². The molecule has 0 saturated carbocycles. The summed E-state index contributed by atoms with van der Waals surface area (Å²) in [4.78, 5) is 19.7. The predicted molar refractivity (Wildman–Crippen MR) is 141 cm³/mol. The quantitative estimate of drug-likeness (QED) is 0.326. The summed E-state index contributed by atoms with van der Waals surface area (Å²) < 4.78 is 17.6. The molecule has 0 spiro atoms. The summed E-state index contributed by atoms with van der Waals surface area (Å²) in [6.45, 7) is 7.74. The average Bonchev–Trinajstić information content (AvgIpc) is 3.29. The molecule has 186 valence electrons. The molecule has 6 nitrogen and oxygen atoms in total. The van der Waals surface area contributed by atoms with Crippen LogP contribution < -0.4 is 14.2 Å². The molecular weight excluding hydrogens is 452 g/mol. The Morgan fingerprint density at radius 3 is 2.19 bits per heavy atom. The van der Waals surface area contributed by atoms with Crippen LogP contribution in [0.25, 0.3) is 10.9 Å². The number of hydrogen-bond acceptors (Lipinski definition) is 4. The van der Waals surface area contributed by atoms with Gasteiger partial charge in [-0.15, -0.1) is 0 Å². The van der Waals surface area contributed by atoms with Crippen LogP contribution in [0.1, 0.15) is 54.0 Å². The molecule has 4 aromatic rings. The average molecular weight is 485 g/mol. The fraction of sp³-hybridized carbons (Fsp3) is 0.300. The summed E-state index contributed by atoms with van der Waals surface area (Å²) in [6.07, 6.45) is 0.780. The van der Waals surface area contributed by atoms with Gasteiger partial charge in [0.05, 0.1) is 25.9 Å². The summed E-state index contributed by atoms with van der Waals surface area (Å²) in [7, 11) is 0. The van der Waals surface area contributed by atoms with E-state index >= 15 is 0 Å². The van der Waals surface area contributed by atoms with E-state index in [2.05, 4.69) is 35.3 Å². The maximum absolute atomic E-state index is 14.2. The molecule has 1 aliphatic rings. The predicted octanol–water partition coefficient (Wildman–Crippen LogP) is 6.15. The van der Waals surface area contributed by atoms with Gasteiger partial charge in [0.15, 0.2) is 11.5 Å². The molecule has 0 fully saturated rings. The minimum Gasteiger partial charge on any atom is -0.490 e. The van der Waals surface area contributed by atoms with Crippen LogP contribution in [-0.2, 0) is 6.42 Å². The molecular formula is C30H32N2O4. The van der Waals surface area contributed by atoms with Crippen molar-refractivity contribution in [1.29, 1.82) is 0 Å². The van der Waals surface area contributed by atoms with Crippen molar-refractivity contribution in [3.05, 3.63) is 89.1 Å². The van der Waals surface area contributed by atoms with Gasteiger partial charge in [0.2, 0.25) is 5.75 Å². The SMILES string of the molecule is CCOc1cc(C(=O)N2CCc3c([nH]c4ccccc34)[C@H]2c2ccccc2)cc(OCC)c1OCC. The topological polar surface area (TPSA) is 63.8 Å². The highest BCUT2D eigenvalue weighted by Gasteiger charge is 2.35. The second kappa shape index (κ2) is 10.4. The third kappa shape index (κ3) is 4.28. The van der Waals surface area contributed by atoms with E-state index in [1.54, 1.807) is 12.1 Å². The van der Waals surface area contributed by atoms with E-state index in [1.807, 2.05) is 49.9 Å². The third-order valence-electron chi connectivity index (χ3n) is 6.57. The van der Waals surface area contributed by atoms with E-state index in [0.29, 0.717) is 49.2 Å². The molecule has 0 radical (unpaired) electrons. The molecule has 3 aromatic carbocycles. The fourth-order valence-corrected chi connectivity index (χ4v) is 5.12. The number of fused-ring (bicyclic) bond motifs is 3. The van der Waals surface area contributed by atoms with Crippen LogP contribution in [0.2, 0.25) is 0 Å². The summed E-state index contributed by atoms with van der Waals surface area (Å²) in [5, 5.41) is 1.22. The van der Waals surface area contributed by atoms with E-state index in [1.165, 1.54) is 10.9 Å². The van der Waals surface area contributed by atoms with E-state index in [9.17, 15) is 4.79 Å². The Morgan fingerprint density at radius 1 is 0.889 bits per heavy atom. The van der Waals surface area contributed by atoms with Crippen molar-refractivity contribution >= 4 is 16.8 Å². The maximum Gasteiger partial charge on any atom is 0.254 e. The number of H-pyrrole nitrogens is 1. The van der Waals surface area contributed by atoms with Crippen LogP contribution >= 0.6 is 0 Å². The fourth-order valence-electron chi connectivity index (χ4n) is 5.12. The third-order valence-corrected chi connectivity index (χ3v) is 6.57. The van der Waals surface area contributed by atoms with Crippen LogP contribution in [-0.4, -0.2) is 42.2 Å². The Bertz CT molecular complexity index is 1340. The van der Waals surface area contributed by atoms with Gasteiger partial charge in [-0.3, -0.25) is 4.79 Å². The van der Waals surface area contributed by atoms with Crippen molar-refractivity contribution in [1.82, 2.24) is 9.88 Å². The summed E-state index contributed by atoms with van der Waals surface area (Å²) >= 11 is 0. The van der Waals surface area contributed by atoms with Crippen molar-refractivity contribution in [2.24, 2.45) is 0 Å². The first kappa shape index (κ1) is 23.8. The number of rotatable bonds is 8. The van der Waals surface area contributed by atoms with Gasteiger partial charge in [0.1, 0.15) is 0 Å². The highest BCUT2D eigenvalue weighted by atomic mass is 16.5. The molecule has 36 heavy (non-hydrogen) atoms. The zero-order chi connectivity index (χ0) is 25.1. The number of hydrogen-bond donors (Lipinski definition) is 1. The number of amides is 1. The lowest BCUT2D eigenvalue weighted by Crippen LogP contribution is -2.40. The van der Waals surface area contributed by atoms with Gasteiger partial charge in [-0.05, 0) is 56.5 Å². The van der Waals surface area contributed by atoms with E-state index in [0.717, 1.165) is 23.2 Å². The molecule has 1 N–H and O–H groups in total. The maximum atomic E-state index is 14.2. The number of nitrogens with zero attached hydrogens (tertiary/aromatic N) is 1. The van der Waals surface area contributed by atoms with Crippen LogP contribution in [0.5, 0.6) is 17.2 Å². The van der Waals surface area contributed by atoms with Crippen molar-refractivity contribution in [3.63, 3.8) is 0 Å². The van der Waals surface area contributed by atoms with Gasteiger partial charge in [-0.2, -0.15) is 0 Å². The van der Waals surface area contributed by atoms with Crippen molar-refractivity contribution in [2.45, 2.75) is 33.2 Å². The lowest BCUT2D eigenvalue weighted by molar-refractivity contribution is 0.0691. The van der Waals surface area contributed by atoms with Crippen molar-refractivity contribution < 1.29 is 19.0 Å². The first-order valence-electron chi connectivity index (χ1n) is 12.7. The van der Waals surface area contributed by atoms with Crippen molar-refractivity contribution in [3.8, 4) is 17.2 Å². The molecule has 2 heterocycles. The molecule has 1 aromatic heterocycles. The zero-order valence-electron chi connectivity index (χ0n) is 21.0. The second-order valence-corrected chi connectivity index (χ2v) is 8.73. The highest BCUT2D eigenvalue weighted by molar-refractivity contribution is 5.97. The van der Waals surface area contributed by atoms with Crippen LogP contribution in [0.15, 0.2) is 66.7 Å². The van der Waals surface area contributed by atoms with Gasteiger partial charge in [-0.25, -0.2) is 0 Å². The van der Waals surface area contributed by atoms with Crippen molar-refractivity contribution in [2.75, 3.05) is 26.4 Å². The highest BCUT2D eigenvalue weighted by Crippen LogP contribution is 2.42. The first-order chi connectivity index (χ1) is 17.7. The van der Waals surface area contributed by atoms with Gasteiger partial charge in [-0.1, -0.05) is 48.5 Å². The standard InChI is InChI=1S/C30H32N2O4/c1-4-34-25-18-21(19-26(35-5-2)29(25)36-6-3)30(33)32-17-16-23-22-14-10-11-15-24(22)31-27(23)28(32)20-12-8-7-9-13-20/h7-15,18-19,28,31H,4-6,16-17H2,1-3H3/t28-/m1/s1. The summed E-state index contributed by atoms with van der Waals surface area (Å²) in [6, 6.07) is 21.9. The van der Waals surface area contributed by atoms with Gasteiger partial charge in [0.25, 0.3) is 5.91 Å². The lowest BCUT2D eigenvalue weighted by Gasteiger charge is -2.36. The number of carbonyl (C=O) groups excluding carboxylic acids is 1. The summed E-state index contributed by atoms with van der Waals surface area (Å²) in [5.74, 6) is 1.51. The minimum absolute atomic E-state index is 0.0712.